The van der Waals surface area contributed by atoms with Crippen molar-refractivity contribution in [3.8, 4) is 0 Å². The van der Waals surface area contributed by atoms with Gasteiger partial charge in [0.15, 0.2) is 5.43 Å². The zero-order chi connectivity index (χ0) is 19.0. The molecule has 2 aromatic rings. The summed E-state index contributed by atoms with van der Waals surface area (Å²) >= 11 is 0. The van der Waals surface area contributed by atoms with Gasteiger partial charge >= 0.3 is 0 Å². The largest absolute Gasteiger partial charge is 0.355 e. The molecule has 146 valence electrons. The fourth-order valence-corrected chi connectivity index (χ4v) is 4.80. The number of hydrogen-bond donors (Lipinski definition) is 1. The lowest BCUT2D eigenvalue weighted by Crippen LogP contribution is -2.57. The number of hydrogen-bond acceptors (Lipinski definition) is 4. The van der Waals surface area contributed by atoms with E-state index in [1.165, 1.54) is 19.0 Å². The van der Waals surface area contributed by atoms with Crippen LogP contribution in [-0.2, 0) is 6.54 Å². The summed E-state index contributed by atoms with van der Waals surface area (Å²) in [6.07, 6.45) is 3.47. The van der Waals surface area contributed by atoms with Crippen molar-refractivity contribution in [2.75, 3.05) is 46.8 Å². The molecule has 0 saturated carbocycles. The first-order valence-corrected chi connectivity index (χ1v) is 9.89. The molecule has 4 rings (SSSR count). The van der Waals surface area contributed by atoms with E-state index in [0.29, 0.717) is 17.4 Å². The highest BCUT2D eigenvalue weighted by atomic mass is 19.1. The van der Waals surface area contributed by atoms with E-state index in [4.69, 9.17) is 0 Å². The van der Waals surface area contributed by atoms with Crippen LogP contribution in [0.25, 0.3) is 10.9 Å². The molecule has 2 aliphatic rings. The second-order valence-electron chi connectivity index (χ2n) is 8.33. The molecule has 0 bridgehead atoms. The van der Waals surface area contributed by atoms with Crippen LogP contribution in [0.15, 0.2) is 29.1 Å². The van der Waals surface area contributed by atoms with E-state index in [2.05, 4.69) is 33.8 Å². The van der Waals surface area contributed by atoms with Crippen molar-refractivity contribution in [3.05, 3.63) is 46.0 Å². The van der Waals surface area contributed by atoms with Crippen LogP contribution in [0, 0.1) is 5.82 Å². The van der Waals surface area contributed by atoms with Gasteiger partial charge in [0.2, 0.25) is 0 Å². The van der Waals surface area contributed by atoms with Crippen molar-refractivity contribution >= 4 is 10.9 Å². The third-order valence-corrected chi connectivity index (χ3v) is 6.46. The van der Waals surface area contributed by atoms with Crippen LogP contribution < -0.4 is 5.43 Å². The number of nitrogens with zero attached hydrogens (tertiary/aromatic N) is 3. The van der Waals surface area contributed by atoms with Crippen molar-refractivity contribution in [2.24, 2.45) is 0 Å². The van der Waals surface area contributed by atoms with Gasteiger partial charge < -0.3 is 9.88 Å². The molecule has 0 radical (unpaired) electrons. The van der Waals surface area contributed by atoms with Gasteiger partial charge in [-0.25, -0.2) is 4.39 Å². The third-order valence-electron chi connectivity index (χ3n) is 6.46. The number of halogens is 1. The fraction of sp³-hybridized carbons (Fsp3) is 0.571. The molecule has 0 atom stereocenters. The molecule has 1 aromatic carbocycles. The van der Waals surface area contributed by atoms with Gasteiger partial charge in [-0.1, -0.05) is 6.07 Å². The van der Waals surface area contributed by atoms with E-state index in [0.717, 1.165) is 44.7 Å². The Morgan fingerprint density at radius 3 is 2.70 bits per heavy atom. The van der Waals surface area contributed by atoms with E-state index in [9.17, 15) is 9.18 Å². The van der Waals surface area contributed by atoms with Gasteiger partial charge in [-0.3, -0.25) is 14.6 Å². The van der Waals surface area contributed by atoms with Crippen LogP contribution >= 0.6 is 0 Å². The first-order chi connectivity index (χ1) is 13.0. The lowest BCUT2D eigenvalue weighted by molar-refractivity contribution is 0.0292. The van der Waals surface area contributed by atoms with Crippen LogP contribution in [0.3, 0.4) is 0 Å². The summed E-state index contributed by atoms with van der Waals surface area (Å²) in [7, 11) is 4.49. The summed E-state index contributed by atoms with van der Waals surface area (Å²) in [4.78, 5) is 22.9. The molecule has 27 heavy (non-hydrogen) atoms. The number of likely N-dealkylation sites (tertiary alicyclic amines) is 1. The number of fused-ring (bicyclic) bond motifs is 1. The number of piperidine rings is 1. The van der Waals surface area contributed by atoms with Gasteiger partial charge in [-0.15, -0.1) is 0 Å². The Morgan fingerprint density at radius 2 is 1.93 bits per heavy atom. The number of para-hydroxylation sites is 1. The topological polar surface area (TPSA) is 42.6 Å². The van der Waals surface area contributed by atoms with Gasteiger partial charge in [0.05, 0.1) is 5.52 Å². The highest BCUT2D eigenvalue weighted by molar-refractivity contribution is 5.78. The molecule has 1 N–H and O–H groups in total. The highest BCUT2D eigenvalue weighted by Crippen LogP contribution is 2.31. The molecular weight excluding hydrogens is 343 g/mol. The summed E-state index contributed by atoms with van der Waals surface area (Å²) in [5.74, 6) is -0.368. The standard InChI is InChI=1S/C21H29FN4O/c1-24-9-4-10-25(2)21(15-24)7-11-26(12-8-21)14-16-13-19(27)17-5-3-6-18(22)20(17)23-16/h3,5-6,13H,4,7-12,14-15H2,1-2H3,(H,23,27). The van der Waals surface area contributed by atoms with Crippen LogP contribution in [0.4, 0.5) is 4.39 Å². The minimum atomic E-state index is -0.368. The molecule has 0 aliphatic carbocycles. The Labute approximate surface area is 159 Å². The molecule has 0 unspecified atom stereocenters. The van der Waals surface area contributed by atoms with E-state index >= 15 is 0 Å². The Bertz CT molecular complexity index is 872. The van der Waals surface area contributed by atoms with Gasteiger partial charge in [0, 0.05) is 48.9 Å². The quantitative estimate of drug-likeness (QED) is 0.878. The number of pyridine rings is 1. The van der Waals surface area contributed by atoms with Crippen molar-refractivity contribution in [1.82, 2.24) is 19.7 Å². The highest BCUT2D eigenvalue weighted by Gasteiger charge is 2.40. The van der Waals surface area contributed by atoms with Crippen molar-refractivity contribution in [1.29, 1.82) is 0 Å². The maximum atomic E-state index is 14.1. The van der Waals surface area contributed by atoms with Crippen LogP contribution in [0.1, 0.15) is 25.0 Å². The number of nitrogens with one attached hydrogen (secondary N) is 1. The van der Waals surface area contributed by atoms with Crippen LogP contribution in [0.2, 0.25) is 0 Å². The average Bonchev–Trinajstić information content (AvgIpc) is 2.77. The number of aromatic nitrogens is 1. The SMILES string of the molecule is CN1CCCN(C)C2(CCN(Cc3cc(=O)c4cccc(F)c4[nH]3)CC2)C1. The summed E-state index contributed by atoms with van der Waals surface area (Å²) in [5, 5.41) is 0.416. The summed E-state index contributed by atoms with van der Waals surface area (Å²) < 4.78 is 14.1. The minimum Gasteiger partial charge on any atom is -0.355 e. The molecule has 2 aliphatic heterocycles. The van der Waals surface area contributed by atoms with E-state index in [1.807, 2.05) is 0 Å². The number of benzene rings is 1. The molecule has 5 nitrogen and oxygen atoms in total. The Morgan fingerprint density at radius 1 is 1.15 bits per heavy atom. The first kappa shape index (κ1) is 18.6. The molecule has 3 heterocycles. The Hall–Kier alpha value is -1.76. The number of rotatable bonds is 2. The second-order valence-corrected chi connectivity index (χ2v) is 8.33. The van der Waals surface area contributed by atoms with Gasteiger partial charge in [-0.05, 0) is 58.6 Å². The van der Waals surface area contributed by atoms with Crippen molar-refractivity contribution in [2.45, 2.75) is 31.3 Å². The second kappa shape index (κ2) is 7.34. The average molecular weight is 372 g/mol. The minimum absolute atomic E-state index is 0.114. The number of likely N-dealkylation sites (N-methyl/N-ethyl adjacent to an activating group) is 2. The molecule has 2 fully saturated rings. The monoisotopic (exact) mass is 372 g/mol. The maximum Gasteiger partial charge on any atom is 0.189 e. The van der Waals surface area contributed by atoms with Gasteiger partial charge in [0.1, 0.15) is 5.82 Å². The summed E-state index contributed by atoms with van der Waals surface area (Å²) in [6.45, 7) is 6.09. The van der Waals surface area contributed by atoms with Crippen LogP contribution in [0.5, 0.6) is 0 Å². The lowest BCUT2D eigenvalue weighted by Gasteiger charge is -2.47. The molecule has 6 heteroatoms. The molecule has 1 aromatic heterocycles. The molecule has 1 spiro atoms. The predicted molar refractivity (Wildman–Crippen MR) is 107 cm³/mol. The molecule has 2 saturated heterocycles. The number of aromatic amines is 1. The van der Waals surface area contributed by atoms with E-state index in [1.54, 1.807) is 18.2 Å². The smallest absolute Gasteiger partial charge is 0.189 e. The van der Waals surface area contributed by atoms with E-state index < -0.39 is 0 Å². The van der Waals surface area contributed by atoms with Crippen molar-refractivity contribution < 1.29 is 4.39 Å². The Balaban J connectivity index is 1.49. The summed E-state index contributed by atoms with van der Waals surface area (Å²) in [5.41, 5.74) is 1.25. The Kier molecular flexibility index (Phi) is 5.05. The zero-order valence-electron chi connectivity index (χ0n) is 16.3. The number of H-pyrrole nitrogens is 1. The van der Waals surface area contributed by atoms with E-state index in [-0.39, 0.29) is 16.8 Å². The predicted octanol–water partition coefficient (Wildman–Crippen LogP) is 2.27. The zero-order valence-corrected chi connectivity index (χ0v) is 16.3. The molecule has 0 amide bonds. The maximum absolute atomic E-state index is 14.1. The summed E-state index contributed by atoms with van der Waals surface area (Å²) in [6, 6.07) is 6.27. The van der Waals surface area contributed by atoms with Crippen LogP contribution in [-0.4, -0.2) is 72.0 Å². The fourth-order valence-electron chi connectivity index (χ4n) is 4.80. The van der Waals surface area contributed by atoms with Gasteiger partial charge in [-0.2, -0.15) is 0 Å². The van der Waals surface area contributed by atoms with Crippen molar-refractivity contribution in [3.63, 3.8) is 0 Å². The first-order valence-electron chi connectivity index (χ1n) is 9.89. The lowest BCUT2D eigenvalue weighted by atomic mass is 9.85. The third kappa shape index (κ3) is 3.66. The molecular formula is C21H29FN4O. The van der Waals surface area contributed by atoms with Gasteiger partial charge in [0.25, 0.3) is 0 Å². The normalized spacial score (nSPS) is 22.3.